The zero-order valence-electron chi connectivity index (χ0n) is 61.1. The monoisotopic (exact) mass is 1460 g/mol. The minimum atomic E-state index is -0.112. The quantitative estimate of drug-likeness (QED) is 0.0368. The zero-order valence-corrected chi connectivity index (χ0v) is 61.1. The number of unbranched alkanes of at least 4 members (excludes halogenated alkanes) is 7. The van der Waals surface area contributed by atoms with Crippen LogP contribution in [-0.2, 0) is 0 Å². The van der Waals surface area contributed by atoms with Crippen LogP contribution in [0.5, 0.6) is 0 Å². The van der Waals surface area contributed by atoms with Crippen LogP contribution >= 0.6 is 0 Å². The van der Waals surface area contributed by atoms with Crippen molar-refractivity contribution in [2.75, 3.05) is 13.1 Å². The van der Waals surface area contributed by atoms with E-state index < -0.39 is 0 Å². The number of amides is 2. The van der Waals surface area contributed by atoms with E-state index in [4.69, 9.17) is 19.9 Å². The van der Waals surface area contributed by atoms with Gasteiger partial charge in [0, 0.05) is 187 Å². The Morgan fingerprint density at radius 2 is 0.384 bits per heavy atom. The van der Waals surface area contributed by atoms with Crippen molar-refractivity contribution in [3.63, 3.8) is 0 Å². The Balaban J connectivity index is 0.520. The summed E-state index contributed by atoms with van der Waals surface area (Å²) in [5.74, 6) is -0.223. The number of nitrogens with zero attached hydrogens (tertiary/aromatic N) is 10. The molecule has 0 radical (unpaired) electrons. The third-order valence-electron chi connectivity index (χ3n) is 20.9. The zero-order chi connectivity index (χ0) is 75.1. The summed E-state index contributed by atoms with van der Waals surface area (Å²) in [4.78, 5) is 90.4. The van der Waals surface area contributed by atoms with Crippen molar-refractivity contribution in [2.24, 2.45) is 0 Å². The van der Waals surface area contributed by atoms with Crippen molar-refractivity contribution in [3.8, 4) is 89.0 Å². The number of nitrogens with one attached hydrogen (secondary N) is 6. The lowest BCUT2D eigenvalue weighted by Gasteiger charge is -2.09. The van der Waals surface area contributed by atoms with Crippen molar-refractivity contribution < 1.29 is 9.59 Å². The molecule has 16 bridgehead atoms. The lowest BCUT2D eigenvalue weighted by atomic mass is 10.0. The molecule has 4 aliphatic rings. The molecule has 16 heterocycles. The van der Waals surface area contributed by atoms with Crippen LogP contribution in [0.1, 0.15) is 118 Å². The van der Waals surface area contributed by atoms with E-state index in [1.807, 2.05) is 121 Å². The Bertz CT molecular complexity index is 5920. The summed E-state index contributed by atoms with van der Waals surface area (Å²) in [6, 6.07) is 56.5. The number of carbonyl (C=O) groups excluding carboxylic acids is 2. The molecule has 112 heavy (non-hydrogen) atoms. The summed E-state index contributed by atoms with van der Waals surface area (Å²) in [6.45, 7) is 1.17. The first-order valence-corrected chi connectivity index (χ1v) is 37.9. The third kappa shape index (κ3) is 14.3. The van der Waals surface area contributed by atoms with Crippen LogP contribution in [0.15, 0.2) is 244 Å². The van der Waals surface area contributed by atoms with E-state index in [0.717, 1.165) is 230 Å². The highest BCUT2D eigenvalue weighted by atomic mass is 16.2. The number of carbonyl (C=O) groups is 2. The highest BCUT2D eigenvalue weighted by molar-refractivity contribution is 6.04. The lowest BCUT2D eigenvalue weighted by Crippen LogP contribution is -2.24. The second kappa shape index (κ2) is 31.4. The number of aromatic nitrogens is 14. The number of hydrogen-bond acceptors (Lipinski definition) is 12. The normalized spacial score (nSPS) is 12.0. The first-order valence-electron chi connectivity index (χ1n) is 37.9. The van der Waals surface area contributed by atoms with Gasteiger partial charge in [0.15, 0.2) is 0 Å². The van der Waals surface area contributed by atoms with Gasteiger partial charge in [0.1, 0.15) is 0 Å². The summed E-state index contributed by atoms with van der Waals surface area (Å²) < 4.78 is 0. The van der Waals surface area contributed by atoms with Gasteiger partial charge in [0.25, 0.3) is 11.8 Å². The van der Waals surface area contributed by atoms with Gasteiger partial charge in [0.05, 0.1) is 45.6 Å². The molecule has 0 spiro atoms. The van der Waals surface area contributed by atoms with Crippen LogP contribution < -0.4 is 10.6 Å². The summed E-state index contributed by atoms with van der Waals surface area (Å²) >= 11 is 0. The largest absolute Gasteiger partial charge is 0.354 e. The van der Waals surface area contributed by atoms with Gasteiger partial charge in [-0.2, -0.15) is 0 Å². The van der Waals surface area contributed by atoms with E-state index in [2.05, 4.69) is 158 Å². The molecule has 6 N–H and O–H groups in total. The maximum absolute atomic E-state index is 13.8. The van der Waals surface area contributed by atoms with Crippen LogP contribution in [0.2, 0.25) is 0 Å². The van der Waals surface area contributed by atoms with Crippen molar-refractivity contribution in [1.29, 1.82) is 0 Å². The highest BCUT2D eigenvalue weighted by Gasteiger charge is 2.23. The minimum Gasteiger partial charge on any atom is -0.354 e. The molecule has 18 heteroatoms. The van der Waals surface area contributed by atoms with Crippen LogP contribution in [0.25, 0.3) is 182 Å². The molecule has 542 valence electrons. The first-order chi connectivity index (χ1) is 55.4. The van der Waals surface area contributed by atoms with Gasteiger partial charge in [-0.15, -0.1) is 0 Å². The Morgan fingerprint density at radius 1 is 0.214 bits per heavy atom. The second-order valence-corrected chi connectivity index (χ2v) is 27.9. The van der Waals surface area contributed by atoms with E-state index in [-0.39, 0.29) is 11.8 Å². The van der Waals surface area contributed by atoms with Gasteiger partial charge >= 0.3 is 0 Å². The van der Waals surface area contributed by atoms with E-state index >= 15 is 0 Å². The topological polar surface area (TPSA) is 250 Å². The van der Waals surface area contributed by atoms with E-state index in [0.29, 0.717) is 24.2 Å². The molecule has 0 saturated carbocycles. The molecule has 14 aromatic rings. The van der Waals surface area contributed by atoms with Gasteiger partial charge in [0.2, 0.25) is 0 Å². The Kier molecular flexibility index (Phi) is 19.4. The summed E-state index contributed by atoms with van der Waals surface area (Å²) in [6.07, 6.45) is 46.4. The predicted molar refractivity (Wildman–Crippen MR) is 450 cm³/mol. The summed E-state index contributed by atoms with van der Waals surface area (Å²) in [5.41, 5.74) is 29.4. The first kappa shape index (κ1) is 69.2. The van der Waals surface area contributed by atoms with Gasteiger partial charge in [-0.25, -0.2) is 19.9 Å². The Hall–Kier alpha value is -14.5. The molecule has 0 atom stereocenters. The molecule has 4 aliphatic heterocycles. The van der Waals surface area contributed by atoms with Crippen LogP contribution in [0, 0.1) is 0 Å². The number of H-pyrrole nitrogens is 4. The summed E-state index contributed by atoms with van der Waals surface area (Å²) in [7, 11) is 0. The fraction of sp³-hybridized carbons (Fsp3) is 0.106. The maximum atomic E-state index is 13.8. The Morgan fingerprint density at radius 3 is 0.571 bits per heavy atom. The van der Waals surface area contributed by atoms with E-state index in [1.54, 1.807) is 74.4 Å². The molecule has 0 fully saturated rings. The van der Waals surface area contributed by atoms with Crippen LogP contribution in [0.3, 0.4) is 0 Å². The number of hydrogen-bond donors (Lipinski definition) is 6. The van der Waals surface area contributed by atoms with Crippen molar-refractivity contribution in [2.45, 2.75) is 51.4 Å². The van der Waals surface area contributed by atoms with Gasteiger partial charge < -0.3 is 30.6 Å². The molecule has 2 amide bonds. The number of benzene rings is 2. The third-order valence-corrected chi connectivity index (χ3v) is 20.9. The number of rotatable bonds is 21. The molecular weight excluding hydrogens is 1390 g/mol. The molecule has 12 aromatic heterocycles. The average molecular weight is 1460 g/mol. The second-order valence-electron chi connectivity index (χ2n) is 27.9. The predicted octanol–water partition coefficient (Wildman–Crippen LogP) is 20.6. The van der Waals surface area contributed by atoms with Crippen molar-refractivity contribution in [1.82, 2.24) is 80.4 Å². The van der Waals surface area contributed by atoms with Crippen LogP contribution in [-0.4, -0.2) is 94.7 Å². The molecule has 2 aromatic carbocycles. The number of pyridine rings is 6. The lowest BCUT2D eigenvalue weighted by molar-refractivity contribution is 0.0944. The fourth-order valence-electron chi connectivity index (χ4n) is 15.4. The van der Waals surface area contributed by atoms with Crippen molar-refractivity contribution in [3.05, 3.63) is 301 Å². The number of fused-ring (bicyclic) bond motifs is 16. The van der Waals surface area contributed by atoms with E-state index in [9.17, 15) is 9.59 Å². The molecule has 0 saturated heterocycles. The van der Waals surface area contributed by atoms with Crippen LogP contribution in [0.4, 0.5) is 0 Å². The van der Waals surface area contributed by atoms with E-state index in [1.165, 1.54) is 0 Å². The molecule has 0 aliphatic carbocycles. The van der Waals surface area contributed by atoms with Gasteiger partial charge in [-0.1, -0.05) is 62.8 Å². The number of aromatic amines is 4. The Labute approximate surface area is 645 Å². The smallest absolute Gasteiger partial charge is 0.251 e. The molecule has 0 unspecified atom stereocenters. The fourth-order valence-corrected chi connectivity index (χ4v) is 15.4. The molecular formula is C94H74N16O2. The maximum Gasteiger partial charge on any atom is 0.251 e. The minimum absolute atomic E-state index is 0.112. The van der Waals surface area contributed by atoms with Crippen molar-refractivity contribution >= 4 is 105 Å². The highest BCUT2D eigenvalue weighted by Crippen LogP contribution is 2.42. The molecule has 18 rings (SSSR count). The van der Waals surface area contributed by atoms with Gasteiger partial charge in [-0.3, -0.25) is 39.5 Å². The summed E-state index contributed by atoms with van der Waals surface area (Å²) in [5, 5.41) is 6.36. The standard InChI is InChI=1S/C94H74N16O2/c111-93(67-13-9-59(10-14-67)85-69-17-21-73(103-69)87(61-33-47-95-48-34-61)77-25-29-81(107-77)91(65-41-55-99-56-42-65)82-30-26-78(108-82)88(62-35-49-96-50-36-62)74-22-18-70(85)104-74)101-45-7-5-3-1-2-4-6-8-46-102-94(112)68-15-11-60(12-16-68)86-71-19-23-75(105-71)89(63-37-51-97-52-38-63)79-27-31-83(109-79)92(66-43-57-100-58-44-66)84-32-28-80(110-84)90(64-39-53-98-54-40-64)76-24-20-72(86)106-76/h9-44,47-58,103,105,108,110H,1-8,45-46H2,(H,101,111)(H,102,112). The molecule has 18 nitrogen and oxygen atoms in total. The average Bonchev–Trinajstić information content (AvgIpc) is 1.62. The SMILES string of the molecule is O=C(NCCCCCCCCCCNC(=O)c1ccc(-c2c3nc(c(-c4ccncc4)c4ccc([nH]4)c(-c4ccncc4)c4nc(c(-c5ccncc5)c5ccc2[nH]5)C=C4)C=C3)cc1)c1ccc(-c2c3nc(c(-c4ccncc4)c4ccc([nH]4)c(-c4ccncc4)c4nc(c(-c5ccncc5)c5ccc2[nH]5)C=C4)C=C3)cc1. The van der Waals surface area contributed by atoms with Gasteiger partial charge in [-0.05, 0) is 252 Å².